The van der Waals surface area contributed by atoms with Crippen molar-refractivity contribution in [1.29, 1.82) is 0 Å². The van der Waals surface area contributed by atoms with Gasteiger partial charge in [-0.2, -0.15) is 0 Å². The fourth-order valence-corrected chi connectivity index (χ4v) is 1.60. The van der Waals surface area contributed by atoms with Crippen LogP contribution in [0.2, 0.25) is 0 Å². The van der Waals surface area contributed by atoms with Crippen LogP contribution in [0.4, 0.5) is 0 Å². The molecule has 1 rings (SSSR count). The Labute approximate surface area is 76.5 Å². The molecule has 0 aliphatic carbocycles. The van der Waals surface area contributed by atoms with Crippen LogP contribution in [0.3, 0.4) is 0 Å². The Morgan fingerprint density at radius 1 is 1.91 bits per heavy atom. The predicted octanol–water partition coefficient (Wildman–Crippen LogP) is 1.58. The second kappa shape index (κ2) is 4.46. The summed E-state index contributed by atoms with van der Waals surface area (Å²) in [5.74, 6) is 0. The highest BCUT2D eigenvalue weighted by Crippen LogP contribution is 2.10. The van der Waals surface area contributed by atoms with Crippen molar-refractivity contribution in [2.75, 3.05) is 0 Å². The maximum atomic E-state index is 9.87. The molecule has 0 aliphatic heterocycles. The number of halogens is 1. The maximum Gasteiger partial charge on any atom is 0.294 e. The van der Waals surface area contributed by atoms with E-state index < -0.39 is 0 Å². The van der Waals surface area contributed by atoms with Crippen LogP contribution < -0.4 is 0 Å². The fourth-order valence-electron chi connectivity index (χ4n) is 0.611. The van der Waals surface area contributed by atoms with Crippen molar-refractivity contribution in [1.82, 2.24) is 4.98 Å². The van der Waals surface area contributed by atoms with Crippen LogP contribution in [-0.2, 0) is 16.0 Å². The number of thiazole rings is 1. The molecular formula is C6H6BrNO2S. The van der Waals surface area contributed by atoms with Gasteiger partial charge in [0.05, 0.1) is 11.2 Å². The van der Waals surface area contributed by atoms with E-state index >= 15 is 0 Å². The monoisotopic (exact) mass is 235 g/mol. The van der Waals surface area contributed by atoms with E-state index in [1.807, 2.05) is 5.38 Å². The zero-order valence-electron chi connectivity index (χ0n) is 5.57. The number of ether oxygens (including phenoxy) is 1. The molecule has 0 saturated carbocycles. The summed E-state index contributed by atoms with van der Waals surface area (Å²) in [7, 11) is 0. The van der Waals surface area contributed by atoms with E-state index in [1.165, 1.54) is 11.3 Å². The molecule has 1 atom stereocenters. The van der Waals surface area contributed by atoms with Crippen molar-refractivity contribution in [3.05, 3.63) is 16.6 Å². The third-order valence-electron chi connectivity index (χ3n) is 1.06. The molecule has 0 bridgehead atoms. The molecule has 0 radical (unpaired) electrons. The molecule has 1 heterocycles. The highest BCUT2D eigenvalue weighted by Gasteiger charge is 2.05. The number of hydrogen-bond acceptors (Lipinski definition) is 4. The van der Waals surface area contributed by atoms with Crippen LogP contribution in [0.1, 0.15) is 5.69 Å². The topological polar surface area (TPSA) is 39.2 Å². The molecule has 1 aromatic rings. The Hall–Kier alpha value is -0.420. The second-order valence-electron chi connectivity index (χ2n) is 1.83. The zero-order valence-corrected chi connectivity index (χ0v) is 7.97. The molecule has 0 aromatic carbocycles. The summed E-state index contributed by atoms with van der Waals surface area (Å²) in [6.45, 7) is 0.422. The summed E-state index contributed by atoms with van der Waals surface area (Å²) >= 11 is 4.69. The maximum absolute atomic E-state index is 9.87. The van der Waals surface area contributed by atoms with Crippen LogP contribution in [0, 0.1) is 0 Å². The van der Waals surface area contributed by atoms with Gasteiger partial charge in [-0.25, -0.2) is 4.98 Å². The highest BCUT2D eigenvalue weighted by molar-refractivity contribution is 9.09. The number of aromatic nitrogens is 1. The number of alkyl halides is 1. The molecule has 3 nitrogen and oxygen atoms in total. The second-order valence-corrected chi connectivity index (χ2v) is 3.57. The number of carbonyl (C=O) groups excluding carboxylic acids is 1. The van der Waals surface area contributed by atoms with Gasteiger partial charge in [-0.15, -0.1) is 11.3 Å². The quantitative estimate of drug-likeness (QED) is 0.588. The van der Waals surface area contributed by atoms with E-state index in [0.717, 1.165) is 5.69 Å². The Bertz CT molecular complexity index is 214. The van der Waals surface area contributed by atoms with Gasteiger partial charge in [-0.1, -0.05) is 0 Å². The minimum atomic E-state index is -0.262. The van der Waals surface area contributed by atoms with Crippen LogP contribution >= 0.6 is 27.3 Å². The van der Waals surface area contributed by atoms with Crippen molar-refractivity contribution >= 4 is 33.7 Å². The molecule has 1 unspecified atom stereocenters. The first-order valence-corrected chi connectivity index (χ1v) is 4.79. The Morgan fingerprint density at radius 2 is 2.73 bits per heavy atom. The number of nitrogens with zero attached hydrogens (tertiary/aromatic N) is 1. The summed E-state index contributed by atoms with van der Waals surface area (Å²) < 4.78 is 4.62. The molecule has 0 saturated heterocycles. The van der Waals surface area contributed by atoms with Crippen molar-refractivity contribution in [3.63, 3.8) is 0 Å². The van der Waals surface area contributed by atoms with Crippen molar-refractivity contribution in [3.8, 4) is 0 Å². The lowest BCUT2D eigenvalue weighted by Gasteiger charge is -2.03. The molecule has 60 valence electrons. The third kappa shape index (κ3) is 2.98. The van der Waals surface area contributed by atoms with E-state index in [9.17, 15) is 4.79 Å². The molecule has 0 N–H and O–H groups in total. The number of hydrogen-bond donors (Lipinski definition) is 0. The van der Waals surface area contributed by atoms with Gasteiger partial charge >= 0.3 is 0 Å². The van der Waals surface area contributed by atoms with Gasteiger partial charge < -0.3 is 4.74 Å². The minimum Gasteiger partial charge on any atom is -0.453 e. The van der Waals surface area contributed by atoms with Gasteiger partial charge in [0.25, 0.3) is 6.47 Å². The van der Waals surface area contributed by atoms with Gasteiger partial charge in [-0.3, -0.25) is 4.79 Å². The van der Waals surface area contributed by atoms with Gasteiger partial charge in [-0.05, 0) is 15.9 Å². The molecule has 0 spiro atoms. The first kappa shape index (κ1) is 8.67. The number of rotatable bonds is 4. The fraction of sp³-hybridized carbons (Fsp3) is 0.333. The lowest BCUT2D eigenvalue weighted by Crippen LogP contribution is -2.06. The summed E-state index contributed by atoms with van der Waals surface area (Å²) in [6, 6.07) is 0. The first-order chi connectivity index (χ1) is 5.33. The normalized spacial score (nSPS) is 12.5. The molecular weight excluding hydrogens is 230 g/mol. The van der Waals surface area contributed by atoms with Gasteiger partial charge in [0.1, 0.15) is 0 Å². The van der Waals surface area contributed by atoms with E-state index in [-0.39, 0.29) is 5.01 Å². The first-order valence-electron chi connectivity index (χ1n) is 2.93. The van der Waals surface area contributed by atoms with Crippen LogP contribution in [0.25, 0.3) is 0 Å². The summed E-state index contributed by atoms with van der Waals surface area (Å²) in [5.41, 5.74) is 2.68. The van der Waals surface area contributed by atoms with Gasteiger partial charge in [0, 0.05) is 11.8 Å². The average molecular weight is 236 g/mol. The van der Waals surface area contributed by atoms with E-state index in [2.05, 4.69) is 25.7 Å². The van der Waals surface area contributed by atoms with E-state index in [1.54, 1.807) is 5.51 Å². The smallest absolute Gasteiger partial charge is 0.294 e. The van der Waals surface area contributed by atoms with E-state index in [4.69, 9.17) is 0 Å². The van der Waals surface area contributed by atoms with Crippen LogP contribution in [-0.4, -0.2) is 16.5 Å². The van der Waals surface area contributed by atoms with E-state index in [0.29, 0.717) is 12.9 Å². The molecule has 0 aliphatic rings. The molecule has 0 fully saturated rings. The SMILES string of the molecule is O=COC(Br)Cc1cscn1. The van der Waals surface area contributed by atoms with Gasteiger partial charge in [0.15, 0.2) is 5.01 Å². The molecule has 1 aromatic heterocycles. The zero-order chi connectivity index (χ0) is 8.10. The van der Waals surface area contributed by atoms with Gasteiger partial charge in [0.2, 0.25) is 0 Å². The Balaban J connectivity index is 2.37. The Morgan fingerprint density at radius 3 is 3.27 bits per heavy atom. The third-order valence-corrected chi connectivity index (χ3v) is 2.23. The minimum absolute atomic E-state index is 0.262. The largest absolute Gasteiger partial charge is 0.453 e. The van der Waals surface area contributed by atoms with Crippen molar-refractivity contribution in [2.24, 2.45) is 0 Å². The molecule has 11 heavy (non-hydrogen) atoms. The molecule has 0 amide bonds. The standard InChI is InChI=1S/C6H6BrNO2S/c7-6(10-4-9)1-5-2-11-3-8-5/h2-4,6H,1H2. The number of carbonyl (C=O) groups is 1. The lowest BCUT2D eigenvalue weighted by molar-refractivity contribution is -0.129. The lowest BCUT2D eigenvalue weighted by atomic mass is 10.4. The Kier molecular flexibility index (Phi) is 3.51. The predicted molar refractivity (Wildman–Crippen MR) is 45.7 cm³/mol. The average Bonchev–Trinajstić information content (AvgIpc) is 2.40. The van der Waals surface area contributed by atoms with Crippen molar-refractivity contribution < 1.29 is 9.53 Å². The summed E-state index contributed by atoms with van der Waals surface area (Å²) in [4.78, 5) is 13.9. The van der Waals surface area contributed by atoms with Crippen LogP contribution in [0.5, 0.6) is 0 Å². The highest BCUT2D eigenvalue weighted by atomic mass is 79.9. The summed E-state index contributed by atoms with van der Waals surface area (Å²) in [5, 5.41) is 1.66. The molecule has 5 heteroatoms. The summed E-state index contributed by atoms with van der Waals surface area (Å²) in [6.07, 6.45) is 0.613. The van der Waals surface area contributed by atoms with Crippen molar-refractivity contribution in [2.45, 2.75) is 11.4 Å². The van der Waals surface area contributed by atoms with Crippen LogP contribution in [0.15, 0.2) is 10.9 Å².